The van der Waals surface area contributed by atoms with E-state index in [-0.39, 0.29) is 24.1 Å². The number of cyclic esters (lactones) is 1. The van der Waals surface area contributed by atoms with Gasteiger partial charge in [0, 0.05) is 30.1 Å². The monoisotopic (exact) mass is 677 g/mol. The van der Waals surface area contributed by atoms with E-state index in [0.717, 1.165) is 25.8 Å². The molecule has 0 saturated carbocycles. The maximum atomic E-state index is 13.6. The van der Waals surface area contributed by atoms with Crippen molar-refractivity contribution in [2.75, 3.05) is 25.1 Å². The zero-order valence-electron chi connectivity index (χ0n) is 25.6. The lowest BCUT2D eigenvalue weighted by Crippen LogP contribution is -2.38. The molecule has 9 nitrogen and oxygen atoms in total. The summed E-state index contributed by atoms with van der Waals surface area (Å²) in [6, 6.07) is 5.21. The SMILES string of the molecule is COC1=CCC(c2cc(C(=O)O)co2)C=C1c1ccc(N2CCC2)nc1CN1C(=O)O[C@H](c2cc(C(F)(F)F)cc(C(F)(F)F)c2)[C@@H]1C. The van der Waals surface area contributed by atoms with E-state index in [1.54, 1.807) is 12.1 Å². The summed E-state index contributed by atoms with van der Waals surface area (Å²) in [6.07, 6.45) is -6.32. The number of hydrogen-bond donors (Lipinski definition) is 1. The first-order valence-corrected chi connectivity index (χ1v) is 14.9. The molecule has 3 atom stereocenters. The van der Waals surface area contributed by atoms with Crippen LogP contribution in [-0.2, 0) is 28.4 Å². The molecule has 1 aromatic carbocycles. The molecule has 2 saturated heterocycles. The lowest BCUT2D eigenvalue weighted by atomic mass is 9.88. The van der Waals surface area contributed by atoms with Crippen LogP contribution in [0.1, 0.15) is 75.9 Å². The van der Waals surface area contributed by atoms with E-state index in [4.69, 9.17) is 18.9 Å². The third kappa shape index (κ3) is 6.32. The van der Waals surface area contributed by atoms with Gasteiger partial charge in [0.15, 0.2) is 0 Å². The predicted octanol–water partition coefficient (Wildman–Crippen LogP) is 7.80. The number of carboxylic acid groups (broad SMARTS) is 1. The number of alkyl halides is 6. The molecule has 0 radical (unpaired) electrons. The summed E-state index contributed by atoms with van der Waals surface area (Å²) in [5, 5.41) is 9.35. The fraction of sp³-hybridized carbons (Fsp3) is 0.364. The van der Waals surface area contributed by atoms with Gasteiger partial charge in [-0.15, -0.1) is 0 Å². The lowest BCUT2D eigenvalue weighted by Gasteiger charge is -2.33. The van der Waals surface area contributed by atoms with Gasteiger partial charge in [0.25, 0.3) is 0 Å². The van der Waals surface area contributed by atoms with Gasteiger partial charge in [0.1, 0.15) is 29.7 Å². The van der Waals surface area contributed by atoms with Crippen LogP contribution in [0, 0.1) is 0 Å². The van der Waals surface area contributed by atoms with Gasteiger partial charge in [-0.1, -0.05) is 6.08 Å². The molecule has 3 aliphatic rings. The second-order valence-corrected chi connectivity index (χ2v) is 11.8. The third-order valence-electron chi connectivity index (χ3n) is 8.72. The minimum atomic E-state index is -5.07. The van der Waals surface area contributed by atoms with Crippen molar-refractivity contribution in [3.63, 3.8) is 0 Å². The largest absolute Gasteiger partial charge is 0.496 e. The number of allylic oxidation sites excluding steroid dienone is 3. The van der Waals surface area contributed by atoms with E-state index < -0.39 is 53.3 Å². The number of aromatic carboxylic acids is 1. The molecule has 2 aromatic heterocycles. The van der Waals surface area contributed by atoms with Crippen LogP contribution in [0.5, 0.6) is 0 Å². The second-order valence-electron chi connectivity index (χ2n) is 11.8. The average molecular weight is 678 g/mol. The van der Waals surface area contributed by atoms with Crippen molar-refractivity contribution >= 4 is 23.5 Å². The number of anilines is 1. The topological polar surface area (TPSA) is 105 Å². The fourth-order valence-corrected chi connectivity index (χ4v) is 6.01. The third-order valence-corrected chi connectivity index (χ3v) is 8.72. The molecule has 0 bridgehead atoms. The molecule has 3 aromatic rings. The number of pyridine rings is 1. The molecular formula is C33H29F6N3O6. The molecule has 1 unspecified atom stereocenters. The molecule has 48 heavy (non-hydrogen) atoms. The summed E-state index contributed by atoms with van der Waals surface area (Å²) >= 11 is 0. The first-order valence-electron chi connectivity index (χ1n) is 14.9. The molecule has 1 aliphatic carbocycles. The van der Waals surface area contributed by atoms with E-state index >= 15 is 0 Å². The van der Waals surface area contributed by atoms with E-state index in [9.17, 15) is 41.0 Å². The van der Waals surface area contributed by atoms with Gasteiger partial charge < -0.3 is 23.9 Å². The van der Waals surface area contributed by atoms with E-state index in [2.05, 4.69) is 0 Å². The highest BCUT2D eigenvalue weighted by Gasteiger charge is 2.44. The number of ether oxygens (including phenoxy) is 2. The number of hydrogen-bond acceptors (Lipinski definition) is 7. The maximum absolute atomic E-state index is 13.6. The van der Waals surface area contributed by atoms with Gasteiger partial charge in [-0.25, -0.2) is 14.6 Å². The number of rotatable bonds is 8. The highest BCUT2D eigenvalue weighted by Crippen LogP contribution is 2.43. The number of carbonyl (C=O) groups excluding carboxylic acids is 1. The van der Waals surface area contributed by atoms with Gasteiger partial charge in [-0.2, -0.15) is 26.3 Å². The van der Waals surface area contributed by atoms with Crippen LogP contribution >= 0.6 is 0 Å². The number of amides is 1. The van der Waals surface area contributed by atoms with Crippen molar-refractivity contribution in [2.24, 2.45) is 0 Å². The van der Waals surface area contributed by atoms with Gasteiger partial charge in [-0.3, -0.25) is 4.90 Å². The first-order chi connectivity index (χ1) is 22.6. The van der Waals surface area contributed by atoms with Crippen LogP contribution in [0.2, 0.25) is 0 Å². The van der Waals surface area contributed by atoms with Crippen LogP contribution in [0.15, 0.2) is 65.0 Å². The Kier molecular flexibility index (Phi) is 8.42. The number of furan rings is 1. The number of carboxylic acids is 1. The maximum Gasteiger partial charge on any atom is 0.416 e. The number of methoxy groups -OCH3 is 1. The normalized spacial score (nSPS) is 21.4. The molecule has 4 heterocycles. The van der Waals surface area contributed by atoms with Gasteiger partial charge in [0.2, 0.25) is 0 Å². The predicted molar refractivity (Wildman–Crippen MR) is 158 cm³/mol. The van der Waals surface area contributed by atoms with E-state index in [0.29, 0.717) is 52.7 Å². The van der Waals surface area contributed by atoms with Crippen LogP contribution in [0.4, 0.5) is 37.0 Å². The Morgan fingerprint density at radius 3 is 2.31 bits per heavy atom. The molecule has 0 spiro atoms. The highest BCUT2D eigenvalue weighted by atomic mass is 19.4. The number of aromatic nitrogens is 1. The summed E-state index contributed by atoms with van der Waals surface area (Å²) in [5.41, 5.74) is -1.97. The zero-order chi connectivity index (χ0) is 34.5. The van der Waals surface area contributed by atoms with Gasteiger partial charge in [-0.05, 0) is 67.8 Å². The van der Waals surface area contributed by atoms with E-state index in [1.807, 2.05) is 17.1 Å². The van der Waals surface area contributed by atoms with Gasteiger partial charge >= 0.3 is 24.4 Å². The summed E-state index contributed by atoms with van der Waals surface area (Å²) in [7, 11) is 1.48. The molecule has 254 valence electrons. The summed E-state index contributed by atoms with van der Waals surface area (Å²) < 4.78 is 98.2. The molecular weight excluding hydrogens is 648 g/mol. The van der Waals surface area contributed by atoms with Crippen molar-refractivity contribution < 1.29 is 54.9 Å². The minimum absolute atomic E-state index is 0.0121. The number of nitrogens with zero attached hydrogens (tertiary/aromatic N) is 3. The Balaban J connectivity index is 1.37. The first kappa shape index (κ1) is 33.0. The second kappa shape index (κ2) is 12.3. The average Bonchev–Trinajstić information content (AvgIpc) is 3.61. The minimum Gasteiger partial charge on any atom is -0.496 e. The molecule has 15 heteroatoms. The summed E-state index contributed by atoms with van der Waals surface area (Å²) in [6.45, 7) is 2.80. The van der Waals surface area contributed by atoms with Crippen LogP contribution < -0.4 is 4.90 Å². The molecule has 2 fully saturated rings. The Morgan fingerprint density at radius 2 is 1.75 bits per heavy atom. The quantitative estimate of drug-likeness (QED) is 0.241. The summed E-state index contributed by atoms with van der Waals surface area (Å²) in [5.74, 6) is -0.0106. The number of benzene rings is 1. The molecule has 6 rings (SSSR count). The van der Waals surface area contributed by atoms with E-state index in [1.165, 1.54) is 25.0 Å². The van der Waals surface area contributed by atoms with Gasteiger partial charge in [0.05, 0.1) is 42.1 Å². The van der Waals surface area contributed by atoms with Crippen LogP contribution in [-0.4, -0.2) is 53.3 Å². The van der Waals surface area contributed by atoms with Crippen molar-refractivity contribution in [1.82, 2.24) is 9.88 Å². The highest BCUT2D eigenvalue weighted by molar-refractivity contribution is 5.87. The number of halogens is 6. The molecule has 2 aliphatic heterocycles. The Morgan fingerprint density at radius 1 is 1.06 bits per heavy atom. The van der Waals surface area contributed by atoms with Crippen molar-refractivity contribution in [2.45, 2.75) is 56.7 Å². The van der Waals surface area contributed by atoms with Crippen molar-refractivity contribution in [3.05, 3.63) is 99.8 Å². The standard InChI is InChI=1S/C33H29F6N3O6/c1-17-29(19-10-21(32(34,35)36)14-22(11-19)33(37,38)39)48-31(45)42(17)15-25-23(5-7-28(40-25)41-8-3-9-41)24-12-18(4-6-26(24)46-2)27-13-20(16-47-27)30(43)44/h5-7,10-14,16-18,29H,3-4,8-9,15H2,1-2H3,(H,43,44)/t17-,18?,29-/m0/s1. The Bertz CT molecular complexity index is 1780. The number of carbonyl (C=O) groups is 2. The molecule has 1 amide bonds. The smallest absolute Gasteiger partial charge is 0.416 e. The fourth-order valence-electron chi connectivity index (χ4n) is 6.01. The van der Waals surface area contributed by atoms with Crippen LogP contribution in [0.25, 0.3) is 5.57 Å². The van der Waals surface area contributed by atoms with Crippen LogP contribution in [0.3, 0.4) is 0 Å². The molecule has 1 N–H and O–H groups in total. The zero-order valence-corrected chi connectivity index (χ0v) is 25.6. The lowest BCUT2D eigenvalue weighted by molar-refractivity contribution is -0.143. The Labute approximate surface area is 270 Å². The van der Waals surface area contributed by atoms with Crippen molar-refractivity contribution in [3.8, 4) is 0 Å². The Hall–Kier alpha value is -4.95. The van der Waals surface area contributed by atoms with Crippen molar-refractivity contribution in [1.29, 1.82) is 0 Å². The summed E-state index contributed by atoms with van der Waals surface area (Å²) in [4.78, 5) is 32.7.